The highest BCUT2D eigenvalue weighted by molar-refractivity contribution is 7.80. The fourth-order valence-corrected chi connectivity index (χ4v) is 3.12. The van der Waals surface area contributed by atoms with Crippen LogP contribution in [0.1, 0.15) is 18.5 Å². The lowest BCUT2D eigenvalue weighted by atomic mass is 10.1. The molecule has 0 amide bonds. The maximum absolute atomic E-state index is 13.7. The van der Waals surface area contributed by atoms with Crippen LogP contribution in [0.4, 0.5) is 20.2 Å². The molecule has 1 heterocycles. The molecule has 138 valence electrons. The Morgan fingerprint density at radius 2 is 1.69 bits per heavy atom. The fraction of sp³-hybridized carbons (Fsp3) is 0.316. The number of hydrogen-bond donors (Lipinski definition) is 2. The molecule has 1 aliphatic rings. The second kappa shape index (κ2) is 8.42. The number of anilines is 2. The summed E-state index contributed by atoms with van der Waals surface area (Å²) >= 11 is 5.18. The third-order valence-corrected chi connectivity index (χ3v) is 4.54. The summed E-state index contributed by atoms with van der Waals surface area (Å²) in [6.07, 6.45) is 0. The van der Waals surface area contributed by atoms with E-state index in [9.17, 15) is 8.78 Å². The van der Waals surface area contributed by atoms with Crippen molar-refractivity contribution in [3.05, 3.63) is 59.7 Å². The first kappa shape index (κ1) is 18.5. The molecule has 0 saturated carbocycles. The molecule has 2 aromatic carbocycles. The molecule has 1 aliphatic heterocycles. The number of nitrogens with one attached hydrogen (secondary N) is 2. The molecule has 1 saturated heterocycles. The van der Waals surface area contributed by atoms with Crippen LogP contribution in [0, 0.1) is 11.6 Å². The van der Waals surface area contributed by atoms with E-state index < -0.39 is 11.6 Å². The molecule has 0 aliphatic carbocycles. The van der Waals surface area contributed by atoms with Crippen molar-refractivity contribution in [3.8, 4) is 0 Å². The molecular formula is C19H21F2N3OS. The Balaban J connectivity index is 1.60. The highest BCUT2D eigenvalue weighted by Crippen LogP contribution is 2.21. The van der Waals surface area contributed by atoms with Crippen molar-refractivity contribution in [2.75, 3.05) is 36.5 Å². The predicted molar refractivity (Wildman–Crippen MR) is 104 cm³/mol. The summed E-state index contributed by atoms with van der Waals surface area (Å²) in [6.45, 7) is 5.19. The summed E-state index contributed by atoms with van der Waals surface area (Å²) in [6, 6.07) is 11.7. The Labute approximate surface area is 157 Å². The Morgan fingerprint density at radius 1 is 1.08 bits per heavy atom. The van der Waals surface area contributed by atoms with Crippen LogP contribution in [0.5, 0.6) is 0 Å². The molecule has 2 aromatic rings. The molecule has 7 heteroatoms. The number of rotatable bonds is 4. The predicted octanol–water partition coefficient (Wildman–Crippen LogP) is 3.85. The van der Waals surface area contributed by atoms with Crippen LogP contribution in [-0.2, 0) is 4.74 Å². The Hall–Kier alpha value is -2.25. The van der Waals surface area contributed by atoms with Crippen LogP contribution in [-0.4, -0.2) is 31.4 Å². The lowest BCUT2D eigenvalue weighted by Gasteiger charge is -2.29. The van der Waals surface area contributed by atoms with Gasteiger partial charge < -0.3 is 20.3 Å². The van der Waals surface area contributed by atoms with Gasteiger partial charge in [0, 0.05) is 18.8 Å². The van der Waals surface area contributed by atoms with E-state index in [2.05, 4.69) is 27.7 Å². The Bertz CT molecular complexity index is 744. The summed E-state index contributed by atoms with van der Waals surface area (Å²) < 4.78 is 32.7. The van der Waals surface area contributed by atoms with E-state index in [1.165, 1.54) is 18.2 Å². The van der Waals surface area contributed by atoms with Gasteiger partial charge in [0.25, 0.3) is 0 Å². The van der Waals surface area contributed by atoms with E-state index in [-0.39, 0.29) is 16.8 Å². The van der Waals surface area contributed by atoms with Crippen LogP contribution >= 0.6 is 12.2 Å². The third kappa shape index (κ3) is 4.47. The molecule has 26 heavy (non-hydrogen) atoms. The van der Waals surface area contributed by atoms with Gasteiger partial charge in [-0.1, -0.05) is 18.2 Å². The number of benzene rings is 2. The van der Waals surface area contributed by atoms with Gasteiger partial charge in [-0.2, -0.15) is 0 Å². The molecule has 0 bridgehead atoms. The van der Waals surface area contributed by atoms with Gasteiger partial charge in [-0.15, -0.1) is 0 Å². The normalized spacial score (nSPS) is 15.4. The average molecular weight is 377 g/mol. The zero-order valence-corrected chi connectivity index (χ0v) is 15.3. The Morgan fingerprint density at radius 3 is 2.31 bits per heavy atom. The molecular weight excluding hydrogens is 356 g/mol. The molecule has 0 radical (unpaired) electrons. The van der Waals surface area contributed by atoms with Gasteiger partial charge in [0.15, 0.2) is 5.11 Å². The van der Waals surface area contributed by atoms with E-state index in [1.807, 2.05) is 19.1 Å². The highest BCUT2D eigenvalue weighted by Gasteiger charge is 2.14. The van der Waals surface area contributed by atoms with Gasteiger partial charge in [-0.05, 0) is 49.0 Å². The quantitative estimate of drug-likeness (QED) is 0.792. The number of nitrogens with zero attached hydrogens (tertiary/aromatic N) is 1. The van der Waals surface area contributed by atoms with Crippen LogP contribution < -0.4 is 15.5 Å². The lowest BCUT2D eigenvalue weighted by molar-refractivity contribution is 0.122. The molecule has 3 rings (SSSR count). The van der Waals surface area contributed by atoms with Crippen LogP contribution in [0.25, 0.3) is 0 Å². The standard InChI is InChI=1S/C19H21F2N3OS/c1-13(22-19(26)23-18-16(20)3-2-4-17(18)21)14-5-7-15(8-6-14)24-9-11-25-12-10-24/h2-8,13H,9-12H2,1H3,(H2,22,23,26)/t13-/m1/s1. The molecule has 1 fully saturated rings. The maximum Gasteiger partial charge on any atom is 0.171 e. The van der Waals surface area contributed by atoms with Gasteiger partial charge in [-0.25, -0.2) is 8.78 Å². The van der Waals surface area contributed by atoms with Gasteiger partial charge >= 0.3 is 0 Å². The number of hydrogen-bond acceptors (Lipinski definition) is 3. The van der Waals surface area contributed by atoms with Crippen molar-refractivity contribution < 1.29 is 13.5 Å². The van der Waals surface area contributed by atoms with E-state index in [1.54, 1.807) is 0 Å². The minimum atomic E-state index is -0.684. The molecule has 1 atom stereocenters. The molecule has 0 aromatic heterocycles. The topological polar surface area (TPSA) is 36.5 Å². The van der Waals surface area contributed by atoms with Crippen molar-refractivity contribution in [1.82, 2.24) is 5.32 Å². The monoisotopic (exact) mass is 377 g/mol. The van der Waals surface area contributed by atoms with E-state index in [0.29, 0.717) is 0 Å². The molecule has 0 unspecified atom stereocenters. The summed E-state index contributed by atoms with van der Waals surface area (Å²) in [7, 11) is 0. The van der Waals surface area contributed by atoms with Gasteiger partial charge in [-0.3, -0.25) is 0 Å². The minimum absolute atomic E-state index is 0.108. The number of thiocarbonyl (C=S) groups is 1. The van der Waals surface area contributed by atoms with Crippen LogP contribution in [0.3, 0.4) is 0 Å². The third-order valence-electron chi connectivity index (χ3n) is 4.32. The van der Waals surface area contributed by atoms with Crippen LogP contribution in [0.15, 0.2) is 42.5 Å². The van der Waals surface area contributed by atoms with Crippen molar-refractivity contribution in [2.24, 2.45) is 0 Å². The first-order valence-electron chi connectivity index (χ1n) is 8.49. The van der Waals surface area contributed by atoms with E-state index >= 15 is 0 Å². The number of ether oxygens (including phenoxy) is 1. The average Bonchev–Trinajstić information content (AvgIpc) is 2.66. The number of halogens is 2. The number of para-hydroxylation sites is 1. The highest BCUT2D eigenvalue weighted by atomic mass is 32.1. The summed E-state index contributed by atoms with van der Waals surface area (Å²) in [5.74, 6) is -1.37. The second-order valence-electron chi connectivity index (χ2n) is 6.11. The van der Waals surface area contributed by atoms with E-state index in [4.69, 9.17) is 17.0 Å². The maximum atomic E-state index is 13.7. The van der Waals surface area contributed by atoms with Crippen molar-refractivity contribution in [1.29, 1.82) is 0 Å². The zero-order valence-electron chi connectivity index (χ0n) is 14.5. The van der Waals surface area contributed by atoms with E-state index in [0.717, 1.165) is 37.6 Å². The summed E-state index contributed by atoms with van der Waals surface area (Å²) in [5, 5.41) is 5.81. The van der Waals surface area contributed by atoms with Gasteiger partial charge in [0.2, 0.25) is 0 Å². The van der Waals surface area contributed by atoms with Crippen molar-refractivity contribution in [3.63, 3.8) is 0 Å². The fourth-order valence-electron chi connectivity index (χ4n) is 2.84. The van der Waals surface area contributed by atoms with Crippen molar-refractivity contribution in [2.45, 2.75) is 13.0 Å². The molecule has 4 nitrogen and oxygen atoms in total. The first-order valence-corrected chi connectivity index (χ1v) is 8.89. The zero-order chi connectivity index (χ0) is 18.5. The molecule has 0 spiro atoms. The summed E-state index contributed by atoms with van der Waals surface area (Å²) in [5.41, 5.74) is 1.93. The Kier molecular flexibility index (Phi) is 6.00. The molecule has 2 N–H and O–H groups in total. The number of morpholine rings is 1. The van der Waals surface area contributed by atoms with Crippen LogP contribution in [0.2, 0.25) is 0 Å². The largest absolute Gasteiger partial charge is 0.378 e. The smallest absolute Gasteiger partial charge is 0.171 e. The summed E-state index contributed by atoms with van der Waals surface area (Å²) in [4.78, 5) is 2.28. The van der Waals surface area contributed by atoms with Gasteiger partial charge in [0.1, 0.15) is 17.3 Å². The first-order chi connectivity index (χ1) is 12.5. The SMILES string of the molecule is C[C@@H](NC(=S)Nc1c(F)cccc1F)c1ccc(N2CCOCC2)cc1. The second-order valence-corrected chi connectivity index (χ2v) is 6.52. The van der Waals surface area contributed by atoms with Gasteiger partial charge in [0.05, 0.1) is 19.3 Å². The lowest BCUT2D eigenvalue weighted by Crippen LogP contribution is -2.36. The minimum Gasteiger partial charge on any atom is -0.378 e. The van der Waals surface area contributed by atoms with Crippen molar-refractivity contribution >= 4 is 28.7 Å².